The van der Waals surface area contributed by atoms with Crippen LogP contribution in [0.1, 0.15) is 84.0 Å². The van der Waals surface area contributed by atoms with Gasteiger partial charge in [-0.3, -0.25) is 0 Å². The normalized spacial score (nSPS) is 11.1. The van der Waals surface area contributed by atoms with Gasteiger partial charge in [0.05, 0.1) is 6.33 Å². The maximum atomic E-state index is 5.35. The molecule has 0 fully saturated rings. The van der Waals surface area contributed by atoms with Gasteiger partial charge < -0.3 is 9.30 Å². The van der Waals surface area contributed by atoms with Gasteiger partial charge in [-0.15, -0.1) is 0 Å². The lowest BCUT2D eigenvalue weighted by atomic mass is 10.1. The molecule has 0 saturated heterocycles. The van der Waals surface area contributed by atoms with E-state index in [-0.39, 0.29) is 0 Å². The van der Waals surface area contributed by atoms with Gasteiger partial charge in [0.1, 0.15) is 0 Å². The predicted molar refractivity (Wildman–Crippen MR) is 94.1 cm³/mol. The molecule has 0 bridgehead atoms. The third kappa shape index (κ3) is 11.8. The van der Waals surface area contributed by atoms with Gasteiger partial charge in [0.15, 0.2) is 0 Å². The summed E-state index contributed by atoms with van der Waals surface area (Å²) in [7, 11) is 0. The van der Waals surface area contributed by atoms with Crippen molar-refractivity contribution < 1.29 is 4.74 Å². The Kier molecular flexibility index (Phi) is 13.2. The van der Waals surface area contributed by atoms with Crippen LogP contribution in [-0.4, -0.2) is 22.8 Å². The van der Waals surface area contributed by atoms with Crippen LogP contribution in [0, 0.1) is 0 Å². The fourth-order valence-electron chi connectivity index (χ4n) is 2.83. The zero-order valence-electron chi connectivity index (χ0n) is 14.6. The molecular weight excluding hydrogens is 272 g/mol. The Hall–Kier alpha value is -0.830. The number of hydrogen-bond acceptors (Lipinski definition) is 2. The predicted octanol–water partition coefficient (Wildman–Crippen LogP) is 5.60. The van der Waals surface area contributed by atoms with Crippen LogP contribution in [0.15, 0.2) is 18.7 Å². The second-order valence-corrected chi connectivity index (χ2v) is 6.24. The second-order valence-electron chi connectivity index (χ2n) is 6.24. The van der Waals surface area contributed by atoms with Crippen molar-refractivity contribution in [1.29, 1.82) is 0 Å². The lowest BCUT2D eigenvalue weighted by Gasteiger charge is -2.04. The summed E-state index contributed by atoms with van der Waals surface area (Å²) in [4.78, 5) is 4.07. The number of ether oxygens (including phenoxy) is 1. The summed E-state index contributed by atoms with van der Waals surface area (Å²) in [6, 6.07) is 0. The van der Waals surface area contributed by atoms with Crippen molar-refractivity contribution in [2.45, 2.75) is 90.5 Å². The average molecular weight is 309 g/mol. The minimum absolute atomic E-state index is 0.865. The van der Waals surface area contributed by atoms with Gasteiger partial charge in [0.25, 0.3) is 0 Å². The van der Waals surface area contributed by atoms with Gasteiger partial charge in [0, 0.05) is 32.2 Å². The maximum absolute atomic E-state index is 5.35. The van der Waals surface area contributed by atoms with Crippen LogP contribution in [0.25, 0.3) is 0 Å². The number of nitrogens with zero attached hydrogens (tertiary/aromatic N) is 2. The monoisotopic (exact) mass is 308 g/mol. The quantitative estimate of drug-likeness (QED) is 0.372. The third-order valence-corrected chi connectivity index (χ3v) is 4.22. The minimum Gasteiger partial charge on any atom is -0.382 e. The molecule has 0 aromatic carbocycles. The van der Waals surface area contributed by atoms with E-state index in [2.05, 4.69) is 22.7 Å². The molecule has 0 spiro atoms. The van der Waals surface area contributed by atoms with Crippen molar-refractivity contribution in [1.82, 2.24) is 9.55 Å². The molecule has 0 aliphatic rings. The summed E-state index contributed by atoms with van der Waals surface area (Å²) in [5, 5.41) is 0. The molecule has 1 heterocycles. The van der Waals surface area contributed by atoms with Gasteiger partial charge in [-0.1, -0.05) is 64.2 Å². The van der Waals surface area contributed by atoms with Crippen LogP contribution < -0.4 is 0 Å². The van der Waals surface area contributed by atoms with E-state index in [0.29, 0.717) is 0 Å². The molecule has 3 heteroatoms. The Balaban J connectivity index is 1.68. The average Bonchev–Trinajstić information content (AvgIpc) is 3.04. The van der Waals surface area contributed by atoms with Gasteiger partial charge in [0.2, 0.25) is 0 Å². The summed E-state index contributed by atoms with van der Waals surface area (Å²) < 4.78 is 7.52. The number of rotatable bonds is 16. The summed E-state index contributed by atoms with van der Waals surface area (Å²) in [6.07, 6.45) is 22.4. The summed E-state index contributed by atoms with van der Waals surface area (Å²) in [5.41, 5.74) is 0. The number of hydrogen-bond donors (Lipinski definition) is 0. The molecule has 0 radical (unpaired) electrons. The highest BCUT2D eigenvalue weighted by Gasteiger charge is 1.95. The summed E-state index contributed by atoms with van der Waals surface area (Å²) in [6.45, 7) is 5.02. The lowest BCUT2D eigenvalue weighted by Crippen LogP contribution is -1.94. The molecule has 3 nitrogen and oxygen atoms in total. The van der Waals surface area contributed by atoms with Gasteiger partial charge in [-0.25, -0.2) is 4.98 Å². The molecule has 0 aliphatic carbocycles. The number of unbranched alkanes of at least 4 members (excludes halogenated alkanes) is 11. The molecule has 1 aromatic heterocycles. The highest BCUT2D eigenvalue weighted by atomic mass is 16.5. The van der Waals surface area contributed by atoms with Crippen LogP contribution in [0.5, 0.6) is 0 Å². The fourth-order valence-corrected chi connectivity index (χ4v) is 2.83. The maximum Gasteiger partial charge on any atom is 0.0945 e. The highest BCUT2D eigenvalue weighted by molar-refractivity contribution is 4.73. The molecule has 0 aliphatic heterocycles. The van der Waals surface area contributed by atoms with Gasteiger partial charge >= 0.3 is 0 Å². The van der Waals surface area contributed by atoms with Gasteiger partial charge in [-0.2, -0.15) is 0 Å². The number of aromatic nitrogens is 2. The topological polar surface area (TPSA) is 27.1 Å². The Labute approximate surface area is 137 Å². The first kappa shape index (κ1) is 19.2. The summed E-state index contributed by atoms with van der Waals surface area (Å²) >= 11 is 0. The molecule has 0 amide bonds. The number of imidazole rings is 1. The molecule has 1 aromatic rings. The van der Waals surface area contributed by atoms with Crippen molar-refractivity contribution in [3.8, 4) is 0 Å². The van der Waals surface area contributed by atoms with E-state index >= 15 is 0 Å². The Bertz CT molecular complexity index is 311. The minimum atomic E-state index is 0.865. The number of aryl methyl sites for hydroxylation is 1. The SMILES string of the molecule is CCOCCCCCCCCCCCCCCn1ccnc1. The first-order valence-electron chi connectivity index (χ1n) is 9.47. The van der Waals surface area contributed by atoms with Crippen LogP contribution in [0.3, 0.4) is 0 Å². The standard InChI is InChI=1S/C19H36N2O/c1-2-22-18-14-12-10-8-6-4-3-5-7-9-11-13-16-21-17-15-20-19-21/h15,17,19H,2-14,16,18H2,1H3. The lowest BCUT2D eigenvalue weighted by molar-refractivity contribution is 0.143. The zero-order chi connectivity index (χ0) is 15.7. The zero-order valence-corrected chi connectivity index (χ0v) is 14.6. The van der Waals surface area contributed by atoms with Crippen molar-refractivity contribution in [3.05, 3.63) is 18.7 Å². The van der Waals surface area contributed by atoms with Crippen LogP contribution in [0.4, 0.5) is 0 Å². The molecule has 1 rings (SSSR count). The van der Waals surface area contributed by atoms with Crippen molar-refractivity contribution in [3.63, 3.8) is 0 Å². The fraction of sp³-hybridized carbons (Fsp3) is 0.842. The first-order valence-corrected chi connectivity index (χ1v) is 9.47. The van der Waals surface area contributed by atoms with E-state index in [0.717, 1.165) is 19.8 Å². The molecule has 0 saturated carbocycles. The largest absolute Gasteiger partial charge is 0.382 e. The molecule has 0 N–H and O–H groups in total. The van der Waals surface area contributed by atoms with E-state index < -0.39 is 0 Å². The highest BCUT2D eigenvalue weighted by Crippen LogP contribution is 2.12. The van der Waals surface area contributed by atoms with Crippen molar-refractivity contribution in [2.75, 3.05) is 13.2 Å². The smallest absolute Gasteiger partial charge is 0.0945 e. The van der Waals surface area contributed by atoms with E-state index in [1.165, 1.54) is 77.0 Å². The van der Waals surface area contributed by atoms with Crippen molar-refractivity contribution in [2.24, 2.45) is 0 Å². The first-order chi connectivity index (χ1) is 10.9. The molecule has 128 valence electrons. The van der Waals surface area contributed by atoms with E-state index in [1.54, 1.807) is 0 Å². The van der Waals surface area contributed by atoms with E-state index in [9.17, 15) is 0 Å². The Morgan fingerprint density at radius 1 is 0.773 bits per heavy atom. The third-order valence-electron chi connectivity index (χ3n) is 4.22. The van der Waals surface area contributed by atoms with E-state index in [4.69, 9.17) is 4.74 Å². The Morgan fingerprint density at radius 2 is 1.32 bits per heavy atom. The molecule has 22 heavy (non-hydrogen) atoms. The van der Waals surface area contributed by atoms with E-state index in [1.807, 2.05) is 12.5 Å². The Morgan fingerprint density at radius 3 is 1.82 bits per heavy atom. The molecular formula is C19H36N2O. The summed E-state index contributed by atoms with van der Waals surface area (Å²) in [5.74, 6) is 0. The second kappa shape index (κ2) is 15.1. The van der Waals surface area contributed by atoms with Crippen molar-refractivity contribution >= 4 is 0 Å². The molecule has 0 atom stereocenters. The van der Waals surface area contributed by atoms with Crippen LogP contribution in [0.2, 0.25) is 0 Å². The van der Waals surface area contributed by atoms with Gasteiger partial charge in [-0.05, 0) is 19.8 Å². The molecule has 0 unspecified atom stereocenters. The van der Waals surface area contributed by atoms with Crippen LogP contribution >= 0.6 is 0 Å². The van der Waals surface area contributed by atoms with Crippen LogP contribution in [-0.2, 0) is 11.3 Å².